The molecule has 0 aromatic carbocycles. The minimum Gasteiger partial charge on any atom is -0.353 e. The lowest BCUT2D eigenvalue weighted by molar-refractivity contribution is -0.191. The molecule has 7 nitrogen and oxygen atoms in total. The number of carbonyl (C=O) groups is 4. The van der Waals surface area contributed by atoms with Crippen molar-refractivity contribution in [2.24, 2.45) is 34.5 Å². The van der Waals surface area contributed by atoms with Crippen LogP contribution in [-0.2, 0) is 28.8 Å². The Labute approximate surface area is 190 Å². The van der Waals surface area contributed by atoms with E-state index < -0.39 is 10.8 Å². The van der Waals surface area contributed by atoms with E-state index in [9.17, 15) is 19.2 Å². The standard InChI is InChI=1S/C24H37NO4.CO2/c1-6-14(2)15(3)25-21(29)11-12-23(4)19(27)9-7-16-17-8-10-20(28)24(17,5)13-18(26)22(16)23;2-1-3/h14-17,22H,6-13H2,1-5H3,(H,25,29);/t14-,15+,16-,17-,22+,23-,24-;/m0./s1. The van der Waals surface area contributed by atoms with Gasteiger partial charge in [-0.1, -0.05) is 34.1 Å². The van der Waals surface area contributed by atoms with Gasteiger partial charge >= 0.3 is 6.15 Å². The molecule has 1 amide bonds. The van der Waals surface area contributed by atoms with Crippen molar-refractivity contribution >= 4 is 29.4 Å². The molecule has 0 aromatic rings. The number of fused-ring (bicyclic) bond motifs is 3. The minimum absolute atomic E-state index is 0.0434. The third-order valence-electron chi connectivity index (χ3n) is 8.76. The van der Waals surface area contributed by atoms with E-state index in [0.29, 0.717) is 31.6 Å². The number of hydrogen-bond donors (Lipinski definition) is 1. The maximum Gasteiger partial charge on any atom is 0.373 e. The molecule has 0 radical (unpaired) electrons. The first-order valence-electron chi connectivity index (χ1n) is 11.8. The van der Waals surface area contributed by atoms with Crippen LogP contribution in [0.1, 0.15) is 86.0 Å². The molecule has 1 N–H and O–H groups in total. The summed E-state index contributed by atoms with van der Waals surface area (Å²) in [5.74, 6) is 0.697. The van der Waals surface area contributed by atoms with E-state index in [0.717, 1.165) is 12.8 Å². The zero-order chi connectivity index (χ0) is 24.3. The van der Waals surface area contributed by atoms with Gasteiger partial charge in [-0.05, 0) is 43.9 Å². The average Bonchev–Trinajstić information content (AvgIpc) is 3.03. The molecule has 0 unspecified atom stereocenters. The van der Waals surface area contributed by atoms with Gasteiger partial charge in [0.2, 0.25) is 5.91 Å². The Balaban J connectivity index is 0.00000114. The Morgan fingerprint density at radius 3 is 2.28 bits per heavy atom. The quantitative estimate of drug-likeness (QED) is 0.668. The number of Topliss-reactive ketones (excluding diaryl/α,β-unsaturated/α-hetero) is 3. The summed E-state index contributed by atoms with van der Waals surface area (Å²) in [4.78, 5) is 67.5. The van der Waals surface area contributed by atoms with Crippen molar-refractivity contribution in [3.63, 3.8) is 0 Å². The molecule has 3 rings (SSSR count). The van der Waals surface area contributed by atoms with Crippen molar-refractivity contribution in [3.05, 3.63) is 0 Å². The van der Waals surface area contributed by atoms with Gasteiger partial charge in [-0.15, -0.1) is 0 Å². The van der Waals surface area contributed by atoms with Gasteiger partial charge in [0.25, 0.3) is 0 Å². The summed E-state index contributed by atoms with van der Waals surface area (Å²) in [6.07, 6.45) is 4.73. The lowest BCUT2D eigenvalue weighted by Crippen LogP contribution is -2.56. The maximum absolute atomic E-state index is 13.2. The number of carbonyl (C=O) groups excluding carboxylic acids is 6. The van der Waals surface area contributed by atoms with Crippen LogP contribution in [0.4, 0.5) is 0 Å². The van der Waals surface area contributed by atoms with Gasteiger partial charge in [0.05, 0.1) is 0 Å². The zero-order valence-electron chi connectivity index (χ0n) is 20.0. The Morgan fingerprint density at radius 2 is 1.69 bits per heavy atom. The first-order valence-corrected chi connectivity index (χ1v) is 11.8. The van der Waals surface area contributed by atoms with Gasteiger partial charge in [0, 0.05) is 48.5 Å². The van der Waals surface area contributed by atoms with Crippen LogP contribution in [0.3, 0.4) is 0 Å². The van der Waals surface area contributed by atoms with Gasteiger partial charge in [-0.3, -0.25) is 19.2 Å². The Kier molecular flexibility index (Phi) is 8.33. The van der Waals surface area contributed by atoms with Gasteiger partial charge in [-0.2, -0.15) is 9.59 Å². The molecular weight excluding hydrogens is 410 g/mol. The van der Waals surface area contributed by atoms with Crippen molar-refractivity contribution in [1.82, 2.24) is 5.32 Å². The number of amides is 1. The summed E-state index contributed by atoms with van der Waals surface area (Å²) in [6, 6.07) is 0.0941. The molecule has 0 aromatic heterocycles. The Hall–Kier alpha value is -2.14. The fourth-order valence-electron chi connectivity index (χ4n) is 6.40. The highest BCUT2D eigenvalue weighted by molar-refractivity contribution is 5.99. The molecule has 0 spiro atoms. The third kappa shape index (κ3) is 4.78. The normalized spacial score (nSPS) is 35.5. The van der Waals surface area contributed by atoms with E-state index in [4.69, 9.17) is 9.59 Å². The molecule has 7 heteroatoms. The SMILES string of the molecule is CC[C@H](C)[C@@H](C)NC(=O)CC[C@@]1(C)C(=O)CC[C@@H]2[C@@H]1C(=O)C[C@]1(C)C(=O)CC[C@@H]21.O=C=O. The zero-order valence-corrected chi connectivity index (χ0v) is 20.0. The molecule has 7 atom stereocenters. The van der Waals surface area contributed by atoms with Gasteiger partial charge in [0.1, 0.15) is 17.3 Å². The molecule has 3 fully saturated rings. The average molecular weight is 448 g/mol. The van der Waals surface area contributed by atoms with Crippen molar-refractivity contribution in [3.8, 4) is 0 Å². The van der Waals surface area contributed by atoms with Crippen LogP contribution >= 0.6 is 0 Å². The predicted molar refractivity (Wildman–Crippen MR) is 116 cm³/mol. The van der Waals surface area contributed by atoms with Crippen molar-refractivity contribution in [2.45, 2.75) is 92.0 Å². The predicted octanol–water partition coefficient (Wildman–Crippen LogP) is 3.29. The van der Waals surface area contributed by atoms with Gasteiger partial charge in [-0.25, -0.2) is 0 Å². The van der Waals surface area contributed by atoms with Crippen LogP contribution in [0.25, 0.3) is 0 Å². The molecule has 3 saturated carbocycles. The summed E-state index contributed by atoms with van der Waals surface area (Å²) in [7, 11) is 0. The molecule has 32 heavy (non-hydrogen) atoms. The lowest BCUT2D eigenvalue weighted by Gasteiger charge is -2.53. The number of hydrogen-bond acceptors (Lipinski definition) is 6. The van der Waals surface area contributed by atoms with Gasteiger partial charge < -0.3 is 5.32 Å². The van der Waals surface area contributed by atoms with Crippen LogP contribution in [0, 0.1) is 34.5 Å². The largest absolute Gasteiger partial charge is 0.373 e. The van der Waals surface area contributed by atoms with E-state index in [1.165, 1.54) is 0 Å². The van der Waals surface area contributed by atoms with Crippen LogP contribution in [0.2, 0.25) is 0 Å². The molecule has 0 aliphatic heterocycles. The maximum atomic E-state index is 13.2. The molecule has 3 aliphatic carbocycles. The summed E-state index contributed by atoms with van der Waals surface area (Å²) in [5, 5.41) is 3.05. The highest BCUT2D eigenvalue weighted by Gasteiger charge is 2.62. The smallest absolute Gasteiger partial charge is 0.353 e. The highest BCUT2D eigenvalue weighted by atomic mass is 16.2. The second kappa shape index (κ2) is 10.2. The highest BCUT2D eigenvalue weighted by Crippen LogP contribution is 2.60. The van der Waals surface area contributed by atoms with Crippen LogP contribution in [0.15, 0.2) is 0 Å². The first-order chi connectivity index (χ1) is 15.0. The topological polar surface area (TPSA) is 114 Å². The first kappa shape index (κ1) is 26.1. The lowest BCUT2D eigenvalue weighted by atomic mass is 9.48. The number of ketones is 3. The minimum atomic E-state index is -0.788. The number of rotatable bonds is 6. The van der Waals surface area contributed by atoms with Crippen LogP contribution in [-0.4, -0.2) is 35.5 Å². The Morgan fingerprint density at radius 1 is 1.09 bits per heavy atom. The molecule has 0 heterocycles. The molecule has 3 aliphatic rings. The van der Waals surface area contributed by atoms with E-state index >= 15 is 0 Å². The molecule has 178 valence electrons. The molecular formula is C25H37NO6. The molecule has 0 bridgehead atoms. The van der Waals surface area contributed by atoms with E-state index in [-0.39, 0.29) is 66.0 Å². The van der Waals surface area contributed by atoms with Crippen LogP contribution in [0.5, 0.6) is 0 Å². The second-order valence-electron chi connectivity index (χ2n) is 10.5. The fraction of sp³-hybridized carbons (Fsp3) is 0.800. The third-order valence-corrected chi connectivity index (χ3v) is 8.76. The van der Waals surface area contributed by atoms with E-state index in [1.54, 1.807) is 0 Å². The summed E-state index contributed by atoms with van der Waals surface area (Å²) in [6.45, 7) is 10.1. The van der Waals surface area contributed by atoms with Gasteiger partial charge in [0.15, 0.2) is 0 Å². The second-order valence-corrected chi connectivity index (χ2v) is 10.5. The van der Waals surface area contributed by atoms with Crippen molar-refractivity contribution in [1.29, 1.82) is 0 Å². The summed E-state index contributed by atoms with van der Waals surface area (Å²) >= 11 is 0. The number of nitrogens with one attached hydrogen (secondary N) is 1. The Bertz CT molecular complexity index is 800. The molecule has 0 saturated heterocycles. The fourth-order valence-corrected chi connectivity index (χ4v) is 6.40. The van der Waals surface area contributed by atoms with E-state index in [2.05, 4.69) is 19.2 Å². The van der Waals surface area contributed by atoms with Crippen LogP contribution < -0.4 is 5.32 Å². The van der Waals surface area contributed by atoms with Crippen molar-refractivity contribution < 1.29 is 28.8 Å². The summed E-state index contributed by atoms with van der Waals surface area (Å²) < 4.78 is 0. The summed E-state index contributed by atoms with van der Waals surface area (Å²) in [5.41, 5.74) is -1.33. The van der Waals surface area contributed by atoms with Crippen molar-refractivity contribution in [2.75, 3.05) is 0 Å². The van der Waals surface area contributed by atoms with E-state index in [1.807, 2.05) is 20.8 Å². The monoisotopic (exact) mass is 447 g/mol.